The largest absolute Gasteiger partial charge is 0.483 e. The minimum absolute atomic E-state index is 0.132. The molecule has 2 heterocycles. The van der Waals surface area contributed by atoms with Crippen LogP contribution in [0.5, 0.6) is 5.75 Å². The molecule has 3 aromatic carbocycles. The van der Waals surface area contributed by atoms with Gasteiger partial charge in [-0.25, -0.2) is 4.39 Å². The molecule has 1 aromatic heterocycles. The molecule has 11 heteroatoms. The molecule has 1 aliphatic rings. The molecule has 1 aliphatic heterocycles. The normalized spacial score (nSPS) is 15.3. The fourth-order valence-electron chi connectivity index (χ4n) is 3.75. The van der Waals surface area contributed by atoms with Crippen LogP contribution in [-0.2, 0) is 16.1 Å². The molecular formula is C30H22ClFN4O4S. The minimum Gasteiger partial charge on any atom is -0.483 e. The Morgan fingerprint density at radius 1 is 1.02 bits per heavy atom. The number of nitrogens with one attached hydrogen (secondary N) is 1. The number of carbonyl (C=O) groups is 2. The highest BCUT2D eigenvalue weighted by Crippen LogP contribution is 2.35. The summed E-state index contributed by atoms with van der Waals surface area (Å²) in [5.74, 6) is -0.130. The van der Waals surface area contributed by atoms with Crippen molar-refractivity contribution in [1.82, 2.24) is 4.90 Å². The van der Waals surface area contributed by atoms with Crippen LogP contribution in [-0.4, -0.2) is 34.7 Å². The number of benzene rings is 3. The monoisotopic (exact) mass is 588 g/mol. The van der Waals surface area contributed by atoms with Crippen molar-refractivity contribution in [2.24, 2.45) is 10.2 Å². The molecule has 4 aromatic rings. The van der Waals surface area contributed by atoms with Gasteiger partial charge in [0.05, 0.1) is 23.9 Å². The lowest BCUT2D eigenvalue weighted by molar-refractivity contribution is -0.122. The van der Waals surface area contributed by atoms with Crippen molar-refractivity contribution >= 4 is 58.3 Å². The van der Waals surface area contributed by atoms with Crippen molar-refractivity contribution < 1.29 is 23.1 Å². The van der Waals surface area contributed by atoms with Crippen molar-refractivity contribution in [3.05, 3.63) is 124 Å². The first-order chi connectivity index (χ1) is 20.0. The highest BCUT2D eigenvalue weighted by atomic mass is 35.5. The number of para-hydroxylation sites is 1. The van der Waals surface area contributed by atoms with Gasteiger partial charge in [0.2, 0.25) is 0 Å². The number of carbonyl (C=O) groups excluding carboxylic acids is 2. The van der Waals surface area contributed by atoms with E-state index in [1.807, 2.05) is 0 Å². The maximum atomic E-state index is 14.0. The molecule has 0 radical (unpaired) electrons. The van der Waals surface area contributed by atoms with Gasteiger partial charge in [0.15, 0.2) is 11.8 Å². The van der Waals surface area contributed by atoms with E-state index in [1.165, 1.54) is 23.4 Å². The highest BCUT2D eigenvalue weighted by Gasteiger charge is 2.34. The smallest absolute Gasteiger partial charge is 0.267 e. The Morgan fingerprint density at radius 2 is 1.78 bits per heavy atom. The Hall–Kier alpha value is -4.67. The number of thioether (sulfide) groups is 1. The number of hydrogen-bond acceptors (Lipinski definition) is 7. The molecule has 206 valence electrons. The summed E-state index contributed by atoms with van der Waals surface area (Å²) in [6.45, 7) is -0.112. The van der Waals surface area contributed by atoms with Gasteiger partial charge >= 0.3 is 0 Å². The summed E-state index contributed by atoms with van der Waals surface area (Å²) >= 11 is 7.00. The van der Waals surface area contributed by atoms with E-state index in [2.05, 4.69) is 15.5 Å². The molecule has 1 fully saturated rings. The molecule has 1 N–H and O–H groups in total. The number of hydrogen-bond donors (Lipinski definition) is 1. The quantitative estimate of drug-likeness (QED) is 0.135. The van der Waals surface area contributed by atoms with Crippen LogP contribution in [0.25, 0.3) is 6.08 Å². The first kappa shape index (κ1) is 27.9. The van der Waals surface area contributed by atoms with E-state index >= 15 is 0 Å². The van der Waals surface area contributed by atoms with Gasteiger partial charge in [-0.2, -0.15) is 5.10 Å². The molecule has 5 rings (SSSR count). The number of rotatable bonds is 9. The first-order valence-electron chi connectivity index (χ1n) is 12.3. The van der Waals surface area contributed by atoms with Crippen LogP contribution >= 0.6 is 23.4 Å². The lowest BCUT2D eigenvalue weighted by Gasteiger charge is -2.12. The zero-order chi connectivity index (χ0) is 28.6. The molecule has 0 aliphatic carbocycles. The van der Waals surface area contributed by atoms with Crippen LogP contribution in [0.4, 0.5) is 10.1 Å². The minimum atomic E-state index is -0.432. The van der Waals surface area contributed by atoms with Crippen LogP contribution in [0, 0.1) is 5.82 Å². The molecule has 0 unspecified atom stereocenters. The van der Waals surface area contributed by atoms with E-state index in [9.17, 15) is 14.0 Å². The van der Waals surface area contributed by atoms with Crippen LogP contribution in [0.15, 0.2) is 111 Å². The molecule has 0 saturated carbocycles. The number of halogens is 2. The lowest BCUT2D eigenvalue weighted by Crippen LogP contribution is -2.28. The highest BCUT2D eigenvalue weighted by molar-refractivity contribution is 8.18. The number of ether oxygens (including phenoxy) is 1. The molecule has 1 saturated heterocycles. The van der Waals surface area contributed by atoms with Gasteiger partial charge in [0.25, 0.3) is 11.8 Å². The predicted octanol–water partition coefficient (Wildman–Crippen LogP) is 6.60. The average Bonchev–Trinajstić information content (AvgIpc) is 3.59. The standard InChI is InChI=1S/C30H22ClFN4O4S/c31-22-11-13-23(14-12-22)34-28(37)19-40-26-10-4-2-6-20(26)16-27-29(38)36(18-24-8-5-15-39-24)30(41-27)35-33-17-21-7-1-3-9-25(21)32/h1-17H,18-19H2,(H,34,37)/b27-16-,33-17+,35-30-. The lowest BCUT2D eigenvalue weighted by atomic mass is 10.2. The third-order valence-corrected chi connectivity index (χ3v) is 6.97. The van der Waals surface area contributed by atoms with E-state index < -0.39 is 5.82 Å². The number of amides is 2. The second kappa shape index (κ2) is 13.1. The van der Waals surface area contributed by atoms with E-state index in [4.69, 9.17) is 20.8 Å². The maximum absolute atomic E-state index is 14.0. The Balaban J connectivity index is 1.34. The van der Waals surface area contributed by atoms with Gasteiger partial charge in [-0.3, -0.25) is 14.5 Å². The van der Waals surface area contributed by atoms with Crippen molar-refractivity contribution in [2.45, 2.75) is 6.54 Å². The second-order valence-corrected chi connectivity index (χ2v) is 10.1. The summed E-state index contributed by atoms with van der Waals surface area (Å²) in [6, 6.07) is 23.4. The molecule has 0 bridgehead atoms. The number of nitrogens with zero attached hydrogens (tertiary/aromatic N) is 3. The van der Waals surface area contributed by atoms with Crippen molar-refractivity contribution in [3.8, 4) is 5.75 Å². The Bertz CT molecular complexity index is 1640. The fraction of sp³-hybridized carbons (Fsp3) is 0.0667. The summed E-state index contributed by atoms with van der Waals surface area (Å²) in [5, 5.41) is 11.8. The van der Waals surface area contributed by atoms with E-state index in [1.54, 1.807) is 84.9 Å². The Kier molecular flexibility index (Phi) is 8.92. The van der Waals surface area contributed by atoms with Crippen LogP contribution in [0.3, 0.4) is 0 Å². The SMILES string of the molecule is O=C(COc1ccccc1/C=C1\S/C(=N\N=C\c2ccccc2F)N(Cc2ccco2)C1=O)Nc1ccc(Cl)cc1. The number of amidine groups is 1. The molecule has 0 atom stereocenters. The Morgan fingerprint density at radius 3 is 2.54 bits per heavy atom. The molecule has 8 nitrogen and oxygen atoms in total. The van der Waals surface area contributed by atoms with E-state index in [-0.39, 0.29) is 30.5 Å². The molecular weight excluding hydrogens is 567 g/mol. The van der Waals surface area contributed by atoms with Gasteiger partial charge in [0.1, 0.15) is 17.3 Å². The van der Waals surface area contributed by atoms with Crippen LogP contribution in [0.1, 0.15) is 16.9 Å². The topological polar surface area (TPSA) is 96.5 Å². The molecule has 0 spiro atoms. The van der Waals surface area contributed by atoms with E-state index in [0.29, 0.717) is 37.9 Å². The van der Waals surface area contributed by atoms with E-state index in [0.717, 1.165) is 11.8 Å². The number of furan rings is 1. The number of anilines is 1. The van der Waals surface area contributed by atoms with Gasteiger partial charge in [-0.1, -0.05) is 48.0 Å². The second-order valence-electron chi connectivity index (χ2n) is 8.61. The fourth-order valence-corrected chi connectivity index (χ4v) is 4.80. The predicted molar refractivity (Wildman–Crippen MR) is 158 cm³/mol. The third kappa shape index (κ3) is 7.30. The average molecular weight is 589 g/mol. The Labute approximate surface area is 244 Å². The van der Waals surface area contributed by atoms with Gasteiger partial charge < -0.3 is 14.5 Å². The van der Waals surface area contributed by atoms with Gasteiger partial charge in [-0.05, 0) is 66.4 Å². The summed E-state index contributed by atoms with van der Waals surface area (Å²) in [7, 11) is 0. The summed E-state index contributed by atoms with van der Waals surface area (Å²) < 4.78 is 25.2. The zero-order valence-corrected chi connectivity index (χ0v) is 22.9. The van der Waals surface area contributed by atoms with Crippen molar-refractivity contribution in [2.75, 3.05) is 11.9 Å². The molecule has 41 heavy (non-hydrogen) atoms. The third-order valence-electron chi connectivity index (χ3n) is 5.72. The summed E-state index contributed by atoms with van der Waals surface area (Å²) in [6.07, 6.45) is 4.47. The maximum Gasteiger partial charge on any atom is 0.267 e. The summed E-state index contributed by atoms with van der Waals surface area (Å²) in [5.41, 5.74) is 1.45. The van der Waals surface area contributed by atoms with Crippen LogP contribution < -0.4 is 10.1 Å². The first-order valence-corrected chi connectivity index (χ1v) is 13.5. The van der Waals surface area contributed by atoms with Gasteiger partial charge in [-0.15, -0.1) is 5.10 Å². The van der Waals surface area contributed by atoms with Gasteiger partial charge in [0, 0.05) is 21.8 Å². The summed E-state index contributed by atoms with van der Waals surface area (Å²) in [4.78, 5) is 27.6. The van der Waals surface area contributed by atoms with Crippen LogP contribution in [0.2, 0.25) is 5.02 Å². The van der Waals surface area contributed by atoms with Crippen molar-refractivity contribution in [3.63, 3.8) is 0 Å². The molecule has 2 amide bonds. The van der Waals surface area contributed by atoms with Crippen molar-refractivity contribution in [1.29, 1.82) is 0 Å². The zero-order valence-electron chi connectivity index (χ0n) is 21.4.